The minimum Gasteiger partial charge on any atom is -0.507 e. The number of phenols is 1. The molecule has 1 unspecified atom stereocenters. The molecule has 0 bridgehead atoms. The van der Waals surface area contributed by atoms with Crippen molar-refractivity contribution in [1.82, 2.24) is 5.43 Å². The standard InChI is InChI=1S/C27H30N2O7/c1-13(2)9-21(32)29-28-19(12-31)14-7-8-15-17(10-14)26(34)24-23(18(15)11-30)27(35)22-16(25(24)33)5-4-6-20(22)36-3/h4-6,13-14,30-31,34H,7-12H2,1-3H3,(H,29,32)/b28-19-. The molecule has 0 fully saturated rings. The molecule has 36 heavy (non-hydrogen) atoms. The van der Waals surface area contributed by atoms with Gasteiger partial charge in [-0.25, -0.2) is 5.43 Å². The van der Waals surface area contributed by atoms with E-state index in [-0.39, 0.29) is 64.5 Å². The molecule has 2 aliphatic rings. The molecule has 0 heterocycles. The Labute approximate surface area is 208 Å². The minimum atomic E-state index is -0.521. The molecular formula is C27H30N2O7. The van der Waals surface area contributed by atoms with E-state index in [9.17, 15) is 29.7 Å². The van der Waals surface area contributed by atoms with Crippen molar-refractivity contribution in [3.63, 3.8) is 0 Å². The predicted molar refractivity (Wildman–Crippen MR) is 132 cm³/mol. The maximum atomic E-state index is 13.5. The fourth-order valence-electron chi connectivity index (χ4n) is 5.21. The third-order valence-corrected chi connectivity index (χ3v) is 6.88. The summed E-state index contributed by atoms with van der Waals surface area (Å²) in [6.07, 6.45) is 1.42. The Kier molecular flexibility index (Phi) is 7.23. The first-order valence-corrected chi connectivity index (χ1v) is 12.0. The summed E-state index contributed by atoms with van der Waals surface area (Å²) in [4.78, 5) is 39.0. The zero-order valence-corrected chi connectivity index (χ0v) is 20.6. The van der Waals surface area contributed by atoms with Crippen LogP contribution in [-0.4, -0.2) is 52.2 Å². The number of amides is 1. The molecule has 2 aromatic carbocycles. The van der Waals surface area contributed by atoms with E-state index in [0.717, 1.165) is 0 Å². The Morgan fingerprint density at radius 2 is 1.89 bits per heavy atom. The van der Waals surface area contributed by atoms with E-state index in [1.165, 1.54) is 13.2 Å². The average molecular weight is 495 g/mol. The highest BCUT2D eigenvalue weighted by Gasteiger charge is 2.40. The first kappa shape index (κ1) is 25.5. The van der Waals surface area contributed by atoms with Crippen LogP contribution in [0.2, 0.25) is 0 Å². The Balaban J connectivity index is 1.77. The van der Waals surface area contributed by atoms with Gasteiger partial charge in [0.2, 0.25) is 5.91 Å². The number of hydrogen-bond donors (Lipinski definition) is 4. The number of carbonyl (C=O) groups is 3. The van der Waals surface area contributed by atoms with Gasteiger partial charge in [-0.1, -0.05) is 26.0 Å². The van der Waals surface area contributed by atoms with Crippen molar-refractivity contribution in [2.24, 2.45) is 16.9 Å². The number of aromatic hydroxyl groups is 1. The number of hydrogen-bond acceptors (Lipinski definition) is 8. The second-order valence-corrected chi connectivity index (χ2v) is 9.57. The molecule has 0 saturated carbocycles. The van der Waals surface area contributed by atoms with Crippen LogP contribution in [0.4, 0.5) is 0 Å². The van der Waals surface area contributed by atoms with Crippen molar-refractivity contribution in [1.29, 1.82) is 0 Å². The SMILES string of the molecule is COc1cccc2c1C(=O)c1c(CO)c3c(c(O)c1C2=O)CC(/C(CO)=N\NC(=O)CC(C)C)CC3. The Hall–Kier alpha value is -3.56. The van der Waals surface area contributed by atoms with Crippen molar-refractivity contribution < 1.29 is 34.4 Å². The van der Waals surface area contributed by atoms with Crippen LogP contribution in [0.1, 0.15) is 75.2 Å². The summed E-state index contributed by atoms with van der Waals surface area (Å²) in [7, 11) is 1.41. The van der Waals surface area contributed by atoms with Crippen LogP contribution in [0.5, 0.6) is 11.5 Å². The number of rotatable bonds is 7. The number of methoxy groups -OCH3 is 1. The van der Waals surface area contributed by atoms with Gasteiger partial charge >= 0.3 is 0 Å². The van der Waals surface area contributed by atoms with Gasteiger partial charge in [-0.05, 0) is 47.9 Å². The maximum Gasteiger partial charge on any atom is 0.240 e. The van der Waals surface area contributed by atoms with Gasteiger partial charge in [-0.3, -0.25) is 14.4 Å². The van der Waals surface area contributed by atoms with E-state index in [4.69, 9.17) is 4.74 Å². The molecule has 2 aliphatic carbocycles. The van der Waals surface area contributed by atoms with Crippen LogP contribution in [0.3, 0.4) is 0 Å². The Bertz CT molecular complexity index is 1280. The number of fused-ring (bicyclic) bond motifs is 3. The number of ketones is 2. The van der Waals surface area contributed by atoms with Gasteiger partial charge in [0.1, 0.15) is 11.5 Å². The van der Waals surface area contributed by atoms with Crippen LogP contribution in [0.25, 0.3) is 0 Å². The highest BCUT2D eigenvalue weighted by atomic mass is 16.5. The van der Waals surface area contributed by atoms with E-state index < -0.39 is 18.2 Å². The van der Waals surface area contributed by atoms with Crippen LogP contribution in [-0.2, 0) is 24.2 Å². The molecule has 190 valence electrons. The molecule has 0 aliphatic heterocycles. The Morgan fingerprint density at radius 3 is 2.53 bits per heavy atom. The normalized spacial score (nSPS) is 16.9. The van der Waals surface area contributed by atoms with Gasteiger partial charge in [0, 0.05) is 23.5 Å². The first-order valence-electron chi connectivity index (χ1n) is 12.0. The second kappa shape index (κ2) is 10.2. The summed E-state index contributed by atoms with van der Waals surface area (Å²) in [5, 5.41) is 35.6. The summed E-state index contributed by atoms with van der Waals surface area (Å²) < 4.78 is 5.31. The lowest BCUT2D eigenvalue weighted by Gasteiger charge is -2.31. The molecule has 9 heteroatoms. The Morgan fingerprint density at radius 1 is 1.14 bits per heavy atom. The lowest BCUT2D eigenvalue weighted by molar-refractivity contribution is -0.121. The van der Waals surface area contributed by atoms with E-state index in [0.29, 0.717) is 41.7 Å². The van der Waals surface area contributed by atoms with E-state index in [1.807, 2.05) is 13.8 Å². The lowest BCUT2D eigenvalue weighted by Crippen LogP contribution is -2.31. The maximum absolute atomic E-state index is 13.5. The van der Waals surface area contributed by atoms with Crippen molar-refractivity contribution in [2.45, 2.75) is 46.1 Å². The van der Waals surface area contributed by atoms with E-state index >= 15 is 0 Å². The van der Waals surface area contributed by atoms with E-state index in [1.54, 1.807) is 12.1 Å². The summed E-state index contributed by atoms with van der Waals surface area (Å²) in [5.74, 6) is -1.45. The quantitative estimate of drug-likeness (QED) is 0.291. The van der Waals surface area contributed by atoms with Crippen LogP contribution >= 0.6 is 0 Å². The number of ether oxygens (including phenoxy) is 1. The molecule has 2 aromatic rings. The number of aliphatic hydroxyl groups excluding tert-OH is 2. The molecule has 0 spiro atoms. The summed E-state index contributed by atoms with van der Waals surface area (Å²) in [6, 6.07) is 4.70. The number of hydrazone groups is 1. The predicted octanol–water partition coefficient (Wildman–Crippen LogP) is 2.28. The molecule has 0 radical (unpaired) electrons. The second-order valence-electron chi connectivity index (χ2n) is 9.57. The highest BCUT2D eigenvalue weighted by Crippen LogP contribution is 2.45. The van der Waals surface area contributed by atoms with Crippen molar-refractivity contribution >= 4 is 23.2 Å². The molecule has 9 nitrogen and oxygen atoms in total. The minimum absolute atomic E-state index is 0.00574. The number of aliphatic hydroxyl groups is 2. The molecule has 1 amide bonds. The molecule has 0 saturated heterocycles. The van der Waals surface area contributed by atoms with Crippen LogP contribution in [0, 0.1) is 11.8 Å². The van der Waals surface area contributed by atoms with Crippen molar-refractivity contribution in [2.75, 3.05) is 13.7 Å². The smallest absolute Gasteiger partial charge is 0.240 e. The lowest BCUT2D eigenvalue weighted by atomic mass is 9.73. The van der Waals surface area contributed by atoms with Gasteiger partial charge in [-0.15, -0.1) is 0 Å². The van der Waals surface area contributed by atoms with E-state index in [2.05, 4.69) is 10.5 Å². The zero-order chi connectivity index (χ0) is 26.1. The number of carbonyl (C=O) groups excluding carboxylic acids is 3. The summed E-state index contributed by atoms with van der Waals surface area (Å²) >= 11 is 0. The fraction of sp³-hybridized carbons (Fsp3) is 0.407. The van der Waals surface area contributed by atoms with Gasteiger partial charge in [0.25, 0.3) is 0 Å². The number of benzene rings is 2. The van der Waals surface area contributed by atoms with Gasteiger partial charge < -0.3 is 20.1 Å². The summed E-state index contributed by atoms with van der Waals surface area (Å²) in [5.41, 5.74) is 4.34. The largest absolute Gasteiger partial charge is 0.507 e. The summed E-state index contributed by atoms with van der Waals surface area (Å²) in [6.45, 7) is 2.96. The number of phenolic OH excluding ortho intramolecular Hbond substituents is 1. The van der Waals surface area contributed by atoms with Gasteiger partial charge in [0.15, 0.2) is 11.6 Å². The number of nitrogens with zero attached hydrogens (tertiary/aromatic N) is 1. The zero-order valence-electron chi connectivity index (χ0n) is 20.6. The number of nitrogens with one attached hydrogen (secondary N) is 1. The molecule has 0 aromatic heterocycles. The van der Waals surface area contributed by atoms with Crippen molar-refractivity contribution in [3.05, 3.63) is 57.1 Å². The van der Waals surface area contributed by atoms with Crippen molar-refractivity contribution in [3.8, 4) is 11.5 Å². The first-order chi connectivity index (χ1) is 17.2. The molecule has 4 rings (SSSR count). The fourth-order valence-corrected chi connectivity index (χ4v) is 5.21. The topological polar surface area (TPSA) is 146 Å². The molecule has 4 N–H and O–H groups in total. The highest BCUT2D eigenvalue weighted by molar-refractivity contribution is 6.31. The monoisotopic (exact) mass is 494 g/mol. The van der Waals surface area contributed by atoms with Crippen LogP contribution < -0.4 is 10.2 Å². The third-order valence-electron chi connectivity index (χ3n) is 6.88. The third kappa shape index (κ3) is 4.29. The van der Waals surface area contributed by atoms with Crippen LogP contribution in [0.15, 0.2) is 23.3 Å². The molecular weight excluding hydrogens is 464 g/mol. The molecule has 1 atom stereocenters. The van der Waals surface area contributed by atoms with Gasteiger partial charge in [0.05, 0.1) is 37.2 Å². The van der Waals surface area contributed by atoms with Gasteiger partial charge in [-0.2, -0.15) is 5.10 Å². The average Bonchev–Trinajstić information content (AvgIpc) is 2.86.